The lowest BCUT2D eigenvalue weighted by Gasteiger charge is -2.04. The molecule has 0 saturated heterocycles. The fourth-order valence-corrected chi connectivity index (χ4v) is 1.88. The van der Waals surface area contributed by atoms with Gasteiger partial charge in [-0.25, -0.2) is 0 Å². The number of hydrogen-bond donors (Lipinski definition) is 1. The summed E-state index contributed by atoms with van der Waals surface area (Å²) in [5.74, 6) is 0.814. The minimum Gasteiger partial charge on any atom is -0.469 e. The Bertz CT molecular complexity index is 494. The van der Waals surface area contributed by atoms with E-state index in [1.807, 2.05) is 36.4 Å². The van der Waals surface area contributed by atoms with Gasteiger partial charge in [0.05, 0.1) is 6.26 Å². The van der Waals surface area contributed by atoms with E-state index >= 15 is 0 Å². The largest absolute Gasteiger partial charge is 0.469 e. The van der Waals surface area contributed by atoms with Gasteiger partial charge in [-0.05, 0) is 30.3 Å². The molecule has 2 aromatic rings. The van der Waals surface area contributed by atoms with Gasteiger partial charge in [0.2, 0.25) is 5.91 Å². The SMILES string of the molecule is O=C(CCc1ccco1)Nc1cccc(Br)c1. The molecule has 2 rings (SSSR count). The first-order valence-corrected chi connectivity index (χ1v) is 6.11. The van der Waals surface area contributed by atoms with Gasteiger partial charge in [-0.1, -0.05) is 22.0 Å². The van der Waals surface area contributed by atoms with Crippen molar-refractivity contribution in [3.05, 3.63) is 52.9 Å². The lowest BCUT2D eigenvalue weighted by atomic mass is 10.2. The van der Waals surface area contributed by atoms with E-state index < -0.39 is 0 Å². The molecule has 0 bridgehead atoms. The summed E-state index contributed by atoms with van der Waals surface area (Å²) in [6.07, 6.45) is 2.65. The number of benzene rings is 1. The molecule has 0 spiro atoms. The van der Waals surface area contributed by atoms with Crippen LogP contribution in [0.25, 0.3) is 0 Å². The van der Waals surface area contributed by atoms with Gasteiger partial charge in [0.15, 0.2) is 0 Å². The average molecular weight is 294 g/mol. The summed E-state index contributed by atoms with van der Waals surface area (Å²) in [6.45, 7) is 0. The molecular weight excluding hydrogens is 282 g/mol. The third-order valence-electron chi connectivity index (χ3n) is 2.29. The topological polar surface area (TPSA) is 42.2 Å². The molecule has 1 heterocycles. The maximum Gasteiger partial charge on any atom is 0.224 e. The summed E-state index contributed by atoms with van der Waals surface area (Å²) < 4.78 is 6.11. The summed E-state index contributed by atoms with van der Waals surface area (Å²) >= 11 is 3.36. The van der Waals surface area contributed by atoms with Crippen LogP contribution in [0.1, 0.15) is 12.2 Å². The molecule has 1 amide bonds. The van der Waals surface area contributed by atoms with Crippen LogP contribution in [-0.4, -0.2) is 5.91 Å². The Hall–Kier alpha value is -1.55. The van der Waals surface area contributed by atoms with E-state index in [0.29, 0.717) is 12.8 Å². The first kappa shape index (κ1) is 11.9. The average Bonchev–Trinajstić information content (AvgIpc) is 2.79. The summed E-state index contributed by atoms with van der Waals surface area (Å²) in [7, 11) is 0. The van der Waals surface area contributed by atoms with Crippen LogP contribution in [0, 0.1) is 0 Å². The molecule has 0 aliphatic heterocycles. The lowest BCUT2D eigenvalue weighted by Crippen LogP contribution is -2.12. The maximum atomic E-state index is 11.7. The lowest BCUT2D eigenvalue weighted by molar-refractivity contribution is -0.116. The second-order valence-electron chi connectivity index (χ2n) is 3.64. The van der Waals surface area contributed by atoms with Crippen molar-refractivity contribution in [2.24, 2.45) is 0 Å². The number of carbonyl (C=O) groups excluding carboxylic acids is 1. The van der Waals surface area contributed by atoms with E-state index in [1.54, 1.807) is 6.26 Å². The van der Waals surface area contributed by atoms with E-state index in [2.05, 4.69) is 21.2 Å². The number of nitrogens with one attached hydrogen (secondary N) is 1. The Morgan fingerprint density at radius 3 is 2.88 bits per heavy atom. The van der Waals surface area contributed by atoms with Gasteiger partial charge in [0.25, 0.3) is 0 Å². The molecule has 0 atom stereocenters. The van der Waals surface area contributed by atoms with Crippen LogP contribution in [0.2, 0.25) is 0 Å². The molecule has 1 aromatic heterocycles. The first-order valence-electron chi connectivity index (χ1n) is 5.32. The number of carbonyl (C=O) groups is 1. The van der Waals surface area contributed by atoms with Crippen molar-refractivity contribution < 1.29 is 9.21 Å². The van der Waals surface area contributed by atoms with Crippen molar-refractivity contribution in [2.45, 2.75) is 12.8 Å². The molecule has 1 N–H and O–H groups in total. The molecule has 0 saturated carbocycles. The monoisotopic (exact) mass is 293 g/mol. The molecule has 17 heavy (non-hydrogen) atoms. The van der Waals surface area contributed by atoms with Crippen LogP contribution in [0.3, 0.4) is 0 Å². The summed E-state index contributed by atoms with van der Waals surface area (Å²) in [6, 6.07) is 11.2. The quantitative estimate of drug-likeness (QED) is 0.936. The first-order chi connectivity index (χ1) is 8.24. The molecule has 0 aliphatic carbocycles. The zero-order chi connectivity index (χ0) is 12.1. The van der Waals surface area contributed by atoms with Crippen molar-refractivity contribution in [3.8, 4) is 0 Å². The molecule has 3 nitrogen and oxygen atoms in total. The second-order valence-corrected chi connectivity index (χ2v) is 4.55. The van der Waals surface area contributed by atoms with Crippen molar-refractivity contribution >= 4 is 27.5 Å². The third-order valence-corrected chi connectivity index (χ3v) is 2.78. The Morgan fingerprint density at radius 2 is 2.18 bits per heavy atom. The van der Waals surface area contributed by atoms with Crippen molar-refractivity contribution in [1.82, 2.24) is 0 Å². The predicted octanol–water partition coefficient (Wildman–Crippen LogP) is 3.61. The van der Waals surface area contributed by atoms with E-state index in [1.165, 1.54) is 0 Å². The molecule has 4 heteroatoms. The van der Waals surface area contributed by atoms with Crippen LogP contribution in [-0.2, 0) is 11.2 Å². The zero-order valence-corrected chi connectivity index (χ0v) is 10.7. The van der Waals surface area contributed by atoms with E-state index in [0.717, 1.165) is 15.9 Å². The summed E-state index contributed by atoms with van der Waals surface area (Å²) in [5, 5.41) is 2.83. The highest BCUT2D eigenvalue weighted by atomic mass is 79.9. The molecule has 1 aromatic carbocycles. The van der Waals surface area contributed by atoms with Crippen LogP contribution < -0.4 is 5.32 Å². The Morgan fingerprint density at radius 1 is 1.29 bits per heavy atom. The molecule has 0 radical (unpaired) electrons. The Labute approximate surface area is 108 Å². The number of anilines is 1. The van der Waals surface area contributed by atoms with Gasteiger partial charge in [-0.15, -0.1) is 0 Å². The predicted molar refractivity (Wildman–Crippen MR) is 69.8 cm³/mol. The number of hydrogen-bond acceptors (Lipinski definition) is 2. The highest BCUT2D eigenvalue weighted by Gasteiger charge is 2.04. The van der Waals surface area contributed by atoms with Gasteiger partial charge >= 0.3 is 0 Å². The maximum absolute atomic E-state index is 11.7. The Kier molecular flexibility index (Phi) is 3.98. The number of furan rings is 1. The van der Waals surface area contributed by atoms with Gasteiger partial charge < -0.3 is 9.73 Å². The summed E-state index contributed by atoms with van der Waals surface area (Å²) in [5.41, 5.74) is 0.795. The fraction of sp³-hybridized carbons (Fsp3) is 0.154. The van der Waals surface area contributed by atoms with Crippen LogP contribution in [0.4, 0.5) is 5.69 Å². The van der Waals surface area contributed by atoms with Gasteiger partial charge in [-0.3, -0.25) is 4.79 Å². The van der Waals surface area contributed by atoms with E-state index in [4.69, 9.17) is 4.42 Å². The molecule has 88 valence electrons. The van der Waals surface area contributed by atoms with E-state index in [-0.39, 0.29) is 5.91 Å². The number of amides is 1. The second kappa shape index (κ2) is 5.68. The standard InChI is InChI=1S/C13H12BrNO2/c14-10-3-1-4-11(9-10)15-13(16)7-6-12-5-2-8-17-12/h1-5,8-9H,6-7H2,(H,15,16). The zero-order valence-electron chi connectivity index (χ0n) is 9.15. The number of rotatable bonds is 4. The van der Waals surface area contributed by atoms with Gasteiger partial charge in [0, 0.05) is 23.0 Å². The van der Waals surface area contributed by atoms with Gasteiger partial charge in [-0.2, -0.15) is 0 Å². The number of halogens is 1. The minimum absolute atomic E-state index is 0.0144. The molecular formula is C13H12BrNO2. The molecule has 0 fully saturated rings. The number of aryl methyl sites for hydroxylation is 1. The van der Waals surface area contributed by atoms with Crippen molar-refractivity contribution in [3.63, 3.8) is 0 Å². The van der Waals surface area contributed by atoms with Crippen molar-refractivity contribution in [2.75, 3.05) is 5.32 Å². The third kappa shape index (κ3) is 3.75. The Balaban J connectivity index is 1.85. The highest BCUT2D eigenvalue weighted by molar-refractivity contribution is 9.10. The summed E-state index contributed by atoms with van der Waals surface area (Å²) in [4.78, 5) is 11.7. The smallest absolute Gasteiger partial charge is 0.224 e. The van der Waals surface area contributed by atoms with E-state index in [9.17, 15) is 4.79 Å². The molecule has 0 unspecified atom stereocenters. The normalized spacial score (nSPS) is 10.2. The van der Waals surface area contributed by atoms with Crippen LogP contribution >= 0.6 is 15.9 Å². The van der Waals surface area contributed by atoms with Crippen molar-refractivity contribution in [1.29, 1.82) is 0 Å². The van der Waals surface area contributed by atoms with Crippen LogP contribution in [0.5, 0.6) is 0 Å². The fourth-order valence-electron chi connectivity index (χ4n) is 1.48. The van der Waals surface area contributed by atoms with Crippen LogP contribution in [0.15, 0.2) is 51.6 Å². The molecule has 0 aliphatic rings. The highest BCUT2D eigenvalue weighted by Crippen LogP contribution is 2.16. The minimum atomic E-state index is -0.0144. The van der Waals surface area contributed by atoms with Gasteiger partial charge in [0.1, 0.15) is 5.76 Å².